The Morgan fingerprint density at radius 2 is 2.11 bits per heavy atom. The summed E-state index contributed by atoms with van der Waals surface area (Å²) >= 11 is 0. The van der Waals surface area contributed by atoms with Crippen LogP contribution in [0.4, 0.5) is 0 Å². The number of nitrogens with zero attached hydrogens (tertiary/aromatic N) is 1. The van der Waals surface area contributed by atoms with E-state index in [0.717, 1.165) is 29.7 Å². The quantitative estimate of drug-likeness (QED) is 0.906. The average Bonchev–Trinajstić information content (AvgIpc) is 2.43. The number of piperidine rings is 1. The van der Waals surface area contributed by atoms with E-state index in [2.05, 4.69) is 36.9 Å². The summed E-state index contributed by atoms with van der Waals surface area (Å²) in [6.45, 7) is 8.66. The Morgan fingerprint density at radius 1 is 1.32 bits per heavy atom. The lowest BCUT2D eigenvalue weighted by Gasteiger charge is -2.35. The molecule has 1 fully saturated rings. The van der Waals surface area contributed by atoms with E-state index in [9.17, 15) is 0 Å². The van der Waals surface area contributed by atoms with Crippen molar-refractivity contribution in [2.75, 3.05) is 20.2 Å². The van der Waals surface area contributed by atoms with E-state index in [1.54, 1.807) is 7.11 Å². The molecule has 0 bridgehead atoms. The summed E-state index contributed by atoms with van der Waals surface area (Å²) in [7, 11) is 1.71. The van der Waals surface area contributed by atoms with Gasteiger partial charge in [-0.3, -0.25) is 4.90 Å². The number of ether oxygens (including phenoxy) is 1. The molecule has 1 heterocycles. The molecule has 0 radical (unpaired) electrons. The third-order valence-corrected chi connectivity index (χ3v) is 4.40. The molecule has 0 amide bonds. The molecule has 3 nitrogen and oxygen atoms in total. The molecule has 2 atom stereocenters. The zero-order valence-electron chi connectivity index (χ0n) is 12.4. The van der Waals surface area contributed by atoms with Crippen molar-refractivity contribution in [3.8, 4) is 5.75 Å². The SMILES string of the molecule is COc1cc(CN2CCC(C)C(C)C2)ccc1CN. The lowest BCUT2D eigenvalue weighted by molar-refractivity contribution is 0.132. The van der Waals surface area contributed by atoms with Crippen LogP contribution in [0.3, 0.4) is 0 Å². The standard InChI is InChI=1S/C16H26N2O/c1-12-6-7-18(10-13(12)2)11-14-4-5-15(9-17)16(8-14)19-3/h4-5,8,12-13H,6-7,9-11,17H2,1-3H3. The molecule has 1 saturated heterocycles. The van der Waals surface area contributed by atoms with Crippen molar-refractivity contribution in [2.24, 2.45) is 17.6 Å². The maximum atomic E-state index is 5.70. The molecule has 0 saturated carbocycles. The molecule has 1 aliphatic rings. The lowest BCUT2D eigenvalue weighted by Crippen LogP contribution is -2.37. The Hall–Kier alpha value is -1.06. The van der Waals surface area contributed by atoms with Crippen molar-refractivity contribution in [2.45, 2.75) is 33.4 Å². The Morgan fingerprint density at radius 3 is 2.74 bits per heavy atom. The summed E-state index contributed by atoms with van der Waals surface area (Å²) in [6.07, 6.45) is 1.30. The molecular weight excluding hydrogens is 236 g/mol. The Kier molecular flexibility index (Phi) is 4.83. The first-order chi connectivity index (χ1) is 9.13. The maximum Gasteiger partial charge on any atom is 0.123 e. The van der Waals surface area contributed by atoms with E-state index in [1.165, 1.54) is 25.1 Å². The minimum Gasteiger partial charge on any atom is -0.496 e. The van der Waals surface area contributed by atoms with E-state index in [4.69, 9.17) is 10.5 Å². The molecule has 0 spiro atoms. The first-order valence-electron chi connectivity index (χ1n) is 7.22. The van der Waals surface area contributed by atoms with Gasteiger partial charge in [-0.2, -0.15) is 0 Å². The van der Waals surface area contributed by atoms with Crippen LogP contribution in [0.15, 0.2) is 18.2 Å². The van der Waals surface area contributed by atoms with Gasteiger partial charge in [-0.1, -0.05) is 26.0 Å². The second kappa shape index (κ2) is 6.40. The molecule has 19 heavy (non-hydrogen) atoms. The number of hydrogen-bond donors (Lipinski definition) is 1. The van der Waals surface area contributed by atoms with Gasteiger partial charge < -0.3 is 10.5 Å². The molecule has 0 aliphatic carbocycles. The van der Waals surface area contributed by atoms with Crippen molar-refractivity contribution in [1.82, 2.24) is 4.90 Å². The lowest BCUT2D eigenvalue weighted by atomic mass is 9.88. The largest absolute Gasteiger partial charge is 0.496 e. The highest BCUT2D eigenvalue weighted by Gasteiger charge is 2.22. The van der Waals surface area contributed by atoms with E-state index in [1.807, 2.05) is 0 Å². The van der Waals surface area contributed by atoms with Crippen LogP contribution in [0.5, 0.6) is 5.75 Å². The summed E-state index contributed by atoms with van der Waals surface area (Å²) in [6, 6.07) is 6.39. The fraction of sp³-hybridized carbons (Fsp3) is 0.625. The highest BCUT2D eigenvalue weighted by Crippen LogP contribution is 2.25. The van der Waals surface area contributed by atoms with Crippen LogP contribution in [0.2, 0.25) is 0 Å². The zero-order chi connectivity index (χ0) is 13.8. The highest BCUT2D eigenvalue weighted by atomic mass is 16.5. The number of methoxy groups -OCH3 is 1. The van der Waals surface area contributed by atoms with Crippen molar-refractivity contribution in [1.29, 1.82) is 0 Å². The Bertz CT molecular complexity index is 419. The molecule has 2 N–H and O–H groups in total. The Balaban J connectivity index is 2.03. The minimum atomic E-state index is 0.529. The molecule has 106 valence electrons. The maximum absolute atomic E-state index is 5.70. The van der Waals surface area contributed by atoms with Gasteiger partial charge in [0.1, 0.15) is 5.75 Å². The normalized spacial score (nSPS) is 24.4. The summed E-state index contributed by atoms with van der Waals surface area (Å²) in [4.78, 5) is 2.54. The number of benzene rings is 1. The van der Waals surface area contributed by atoms with Gasteiger partial charge in [0.05, 0.1) is 7.11 Å². The first kappa shape index (κ1) is 14.4. The van der Waals surface area contributed by atoms with Crippen LogP contribution in [-0.2, 0) is 13.1 Å². The predicted octanol–water partition coefficient (Wildman–Crippen LogP) is 2.63. The number of hydrogen-bond acceptors (Lipinski definition) is 3. The van der Waals surface area contributed by atoms with Gasteiger partial charge in [0, 0.05) is 25.2 Å². The predicted molar refractivity (Wildman–Crippen MR) is 79.1 cm³/mol. The van der Waals surface area contributed by atoms with Crippen molar-refractivity contribution in [3.63, 3.8) is 0 Å². The fourth-order valence-electron chi connectivity index (χ4n) is 2.81. The number of likely N-dealkylation sites (tertiary alicyclic amines) is 1. The van der Waals surface area contributed by atoms with E-state index < -0.39 is 0 Å². The van der Waals surface area contributed by atoms with Crippen molar-refractivity contribution in [3.05, 3.63) is 29.3 Å². The third kappa shape index (κ3) is 3.48. The van der Waals surface area contributed by atoms with Crippen LogP contribution in [-0.4, -0.2) is 25.1 Å². The van der Waals surface area contributed by atoms with Gasteiger partial charge in [0.15, 0.2) is 0 Å². The topological polar surface area (TPSA) is 38.5 Å². The summed E-state index contributed by atoms with van der Waals surface area (Å²) in [5.74, 6) is 2.56. The summed E-state index contributed by atoms with van der Waals surface area (Å²) in [5.41, 5.74) is 8.09. The van der Waals surface area contributed by atoms with E-state index in [0.29, 0.717) is 6.54 Å². The second-order valence-corrected chi connectivity index (χ2v) is 5.83. The smallest absolute Gasteiger partial charge is 0.123 e. The summed E-state index contributed by atoms with van der Waals surface area (Å²) < 4.78 is 5.41. The van der Waals surface area contributed by atoms with Gasteiger partial charge in [-0.15, -0.1) is 0 Å². The molecule has 2 rings (SSSR count). The van der Waals surface area contributed by atoms with E-state index in [-0.39, 0.29) is 0 Å². The third-order valence-electron chi connectivity index (χ3n) is 4.40. The van der Waals surface area contributed by atoms with Crippen molar-refractivity contribution < 1.29 is 4.74 Å². The van der Waals surface area contributed by atoms with Gasteiger partial charge in [-0.25, -0.2) is 0 Å². The Labute approximate surface area is 116 Å². The first-order valence-corrected chi connectivity index (χ1v) is 7.22. The van der Waals surface area contributed by atoms with Gasteiger partial charge in [-0.05, 0) is 36.4 Å². The molecule has 1 aromatic rings. The molecule has 2 unspecified atom stereocenters. The van der Waals surface area contributed by atoms with Gasteiger partial charge >= 0.3 is 0 Å². The molecule has 1 aromatic carbocycles. The fourth-order valence-corrected chi connectivity index (χ4v) is 2.81. The number of rotatable bonds is 4. The highest BCUT2D eigenvalue weighted by molar-refractivity contribution is 5.37. The monoisotopic (exact) mass is 262 g/mol. The second-order valence-electron chi connectivity index (χ2n) is 5.83. The van der Waals surface area contributed by atoms with Crippen LogP contribution < -0.4 is 10.5 Å². The molecule has 0 aromatic heterocycles. The van der Waals surface area contributed by atoms with Gasteiger partial charge in [0.2, 0.25) is 0 Å². The van der Waals surface area contributed by atoms with Crippen LogP contribution >= 0.6 is 0 Å². The number of nitrogens with two attached hydrogens (primary N) is 1. The summed E-state index contributed by atoms with van der Waals surface area (Å²) in [5, 5.41) is 0. The van der Waals surface area contributed by atoms with Crippen LogP contribution in [0.25, 0.3) is 0 Å². The molecular formula is C16H26N2O. The molecule has 1 aliphatic heterocycles. The van der Waals surface area contributed by atoms with Gasteiger partial charge in [0.25, 0.3) is 0 Å². The van der Waals surface area contributed by atoms with E-state index >= 15 is 0 Å². The van der Waals surface area contributed by atoms with Crippen molar-refractivity contribution >= 4 is 0 Å². The average molecular weight is 262 g/mol. The zero-order valence-corrected chi connectivity index (χ0v) is 12.4. The minimum absolute atomic E-state index is 0.529. The molecule has 3 heteroatoms. The van der Waals surface area contributed by atoms with Crippen LogP contribution in [0.1, 0.15) is 31.4 Å². The van der Waals surface area contributed by atoms with Crippen LogP contribution in [0, 0.1) is 11.8 Å².